The van der Waals surface area contributed by atoms with Crippen LogP contribution in [0.3, 0.4) is 0 Å². The first-order valence-electron chi connectivity index (χ1n) is 10.4. The smallest absolute Gasteiger partial charge is 0.295 e. The number of hydrogen-bond acceptors (Lipinski definition) is 4. The van der Waals surface area contributed by atoms with E-state index in [0.717, 1.165) is 29.3 Å². The second kappa shape index (κ2) is 8.30. The highest BCUT2D eigenvalue weighted by molar-refractivity contribution is 6.46. The summed E-state index contributed by atoms with van der Waals surface area (Å²) >= 11 is 0. The van der Waals surface area contributed by atoms with Crippen molar-refractivity contribution in [1.82, 2.24) is 9.47 Å². The van der Waals surface area contributed by atoms with Crippen LogP contribution in [-0.2, 0) is 16.6 Å². The lowest BCUT2D eigenvalue weighted by Gasteiger charge is -2.24. The molecule has 1 N–H and O–H groups in total. The molecule has 1 unspecified atom stereocenters. The van der Waals surface area contributed by atoms with E-state index in [2.05, 4.69) is 0 Å². The Balaban J connectivity index is 1.92. The quantitative estimate of drug-likeness (QED) is 0.366. The zero-order chi connectivity index (χ0) is 22.1. The monoisotopic (exact) mass is 418 g/mol. The average molecular weight is 418 g/mol. The van der Waals surface area contributed by atoms with Gasteiger partial charge < -0.3 is 19.3 Å². The molecule has 31 heavy (non-hydrogen) atoms. The summed E-state index contributed by atoms with van der Waals surface area (Å²) < 4.78 is 7.17. The summed E-state index contributed by atoms with van der Waals surface area (Å²) in [6, 6.07) is 14.1. The molecule has 0 bridgehead atoms. The SMILES string of the molecule is CCCCN1C(=O)C(=O)/C(=C(/O)c2ccc(OC)cc2)C1c1cn(C)c2ccccc12. The van der Waals surface area contributed by atoms with Gasteiger partial charge in [0.25, 0.3) is 11.7 Å². The van der Waals surface area contributed by atoms with Crippen LogP contribution in [0.15, 0.2) is 60.3 Å². The maximum absolute atomic E-state index is 13.1. The van der Waals surface area contributed by atoms with E-state index in [1.807, 2.05) is 49.0 Å². The summed E-state index contributed by atoms with van der Waals surface area (Å²) in [7, 11) is 3.50. The number of aliphatic hydroxyl groups excluding tert-OH is 1. The summed E-state index contributed by atoms with van der Waals surface area (Å²) in [5.41, 5.74) is 2.44. The second-order valence-electron chi connectivity index (χ2n) is 7.79. The molecule has 1 atom stereocenters. The Kier molecular flexibility index (Phi) is 5.55. The molecule has 6 heteroatoms. The fourth-order valence-corrected chi connectivity index (χ4v) is 4.26. The van der Waals surface area contributed by atoms with Crippen LogP contribution in [0.2, 0.25) is 0 Å². The lowest BCUT2D eigenvalue weighted by Crippen LogP contribution is -2.30. The Hall–Kier alpha value is -3.54. The first-order valence-corrected chi connectivity index (χ1v) is 10.4. The standard InChI is InChI=1S/C25H26N2O4/c1-4-5-14-27-22(19-15-26(2)20-9-7-6-8-18(19)20)21(24(29)25(27)30)23(28)16-10-12-17(31-3)13-11-16/h6-13,15,22,28H,4-5,14H2,1-3H3/b23-21+. The van der Waals surface area contributed by atoms with Crippen LogP contribution in [0.5, 0.6) is 5.75 Å². The molecule has 2 heterocycles. The topological polar surface area (TPSA) is 71.8 Å². The minimum atomic E-state index is -0.651. The normalized spacial score (nSPS) is 18.2. The van der Waals surface area contributed by atoms with Gasteiger partial charge in [0.05, 0.1) is 18.7 Å². The number of ether oxygens (including phenoxy) is 1. The van der Waals surface area contributed by atoms with Gasteiger partial charge in [-0.1, -0.05) is 31.5 Å². The van der Waals surface area contributed by atoms with Crippen molar-refractivity contribution in [3.63, 3.8) is 0 Å². The number of unbranched alkanes of at least 4 members (excludes halogenated alkanes) is 1. The molecule has 2 aromatic carbocycles. The number of ketones is 1. The number of hydrogen-bond donors (Lipinski definition) is 1. The zero-order valence-electron chi connectivity index (χ0n) is 18.0. The number of methoxy groups -OCH3 is 1. The molecule has 0 radical (unpaired) electrons. The van der Waals surface area contributed by atoms with Crippen molar-refractivity contribution in [1.29, 1.82) is 0 Å². The first kappa shape index (κ1) is 20.7. The molecule has 4 rings (SSSR count). The maximum Gasteiger partial charge on any atom is 0.295 e. The highest BCUT2D eigenvalue weighted by atomic mass is 16.5. The number of aliphatic hydroxyl groups is 1. The number of carbonyl (C=O) groups excluding carboxylic acids is 2. The summed E-state index contributed by atoms with van der Waals surface area (Å²) in [4.78, 5) is 27.7. The molecule has 1 aliphatic heterocycles. The number of rotatable bonds is 6. The maximum atomic E-state index is 13.1. The lowest BCUT2D eigenvalue weighted by atomic mass is 9.95. The minimum absolute atomic E-state index is 0.127. The van der Waals surface area contributed by atoms with Gasteiger partial charge in [-0.25, -0.2) is 0 Å². The third kappa shape index (κ3) is 3.48. The summed E-state index contributed by atoms with van der Waals surface area (Å²) in [5, 5.41) is 12.1. The molecule has 0 saturated carbocycles. The first-order chi connectivity index (χ1) is 15.0. The molecule has 160 valence electrons. The van der Waals surface area contributed by atoms with E-state index in [9.17, 15) is 14.7 Å². The highest BCUT2D eigenvalue weighted by Gasteiger charge is 2.46. The van der Waals surface area contributed by atoms with Crippen LogP contribution in [0, 0.1) is 0 Å². The van der Waals surface area contributed by atoms with Crippen LogP contribution in [0.4, 0.5) is 0 Å². The van der Waals surface area contributed by atoms with Crippen LogP contribution in [0.1, 0.15) is 36.9 Å². The molecule has 0 spiro atoms. The molecule has 1 aliphatic rings. The van der Waals surface area contributed by atoms with E-state index < -0.39 is 17.7 Å². The lowest BCUT2D eigenvalue weighted by molar-refractivity contribution is -0.139. The zero-order valence-corrected chi connectivity index (χ0v) is 18.0. The van der Waals surface area contributed by atoms with Crippen molar-refractivity contribution < 1.29 is 19.4 Å². The third-order valence-electron chi connectivity index (χ3n) is 5.88. The van der Waals surface area contributed by atoms with E-state index in [0.29, 0.717) is 17.9 Å². The number of aryl methyl sites for hydroxylation is 1. The fourth-order valence-electron chi connectivity index (χ4n) is 4.26. The number of Topliss-reactive ketones (excluding diaryl/α,β-unsaturated/α-hetero) is 1. The van der Waals surface area contributed by atoms with Gasteiger partial charge in [0, 0.05) is 41.8 Å². The molecule has 1 amide bonds. The van der Waals surface area contributed by atoms with Gasteiger partial charge in [-0.15, -0.1) is 0 Å². The van der Waals surface area contributed by atoms with Crippen molar-refractivity contribution in [2.75, 3.05) is 13.7 Å². The van der Waals surface area contributed by atoms with E-state index >= 15 is 0 Å². The molecular weight excluding hydrogens is 392 g/mol. The summed E-state index contributed by atoms with van der Waals surface area (Å²) in [6.45, 7) is 2.50. The van der Waals surface area contributed by atoms with Gasteiger partial charge in [0.2, 0.25) is 0 Å². The number of para-hydroxylation sites is 1. The number of amides is 1. The largest absolute Gasteiger partial charge is 0.507 e. The Morgan fingerprint density at radius 2 is 1.81 bits per heavy atom. The Bertz CT molecular complexity index is 1170. The molecule has 6 nitrogen and oxygen atoms in total. The van der Waals surface area contributed by atoms with Crippen LogP contribution < -0.4 is 4.74 Å². The summed E-state index contributed by atoms with van der Waals surface area (Å²) in [5.74, 6) is -0.743. The fraction of sp³-hybridized carbons (Fsp3) is 0.280. The predicted molar refractivity (Wildman–Crippen MR) is 120 cm³/mol. The molecule has 1 aromatic heterocycles. The van der Waals surface area contributed by atoms with Gasteiger partial charge in [0.1, 0.15) is 11.5 Å². The third-order valence-corrected chi connectivity index (χ3v) is 5.88. The minimum Gasteiger partial charge on any atom is -0.507 e. The molecular formula is C25H26N2O4. The van der Waals surface area contributed by atoms with Crippen LogP contribution in [0.25, 0.3) is 16.7 Å². The predicted octanol–water partition coefficient (Wildman–Crippen LogP) is 4.41. The molecule has 1 fully saturated rings. The van der Waals surface area contributed by atoms with E-state index in [1.54, 1.807) is 36.3 Å². The van der Waals surface area contributed by atoms with E-state index in [4.69, 9.17) is 4.74 Å². The number of nitrogens with zero attached hydrogens (tertiary/aromatic N) is 2. The number of benzene rings is 2. The van der Waals surface area contributed by atoms with Crippen molar-refractivity contribution in [2.24, 2.45) is 7.05 Å². The van der Waals surface area contributed by atoms with Gasteiger partial charge in [0.15, 0.2) is 0 Å². The number of fused-ring (bicyclic) bond motifs is 1. The molecule has 3 aromatic rings. The van der Waals surface area contributed by atoms with Crippen molar-refractivity contribution in [3.05, 3.63) is 71.4 Å². The van der Waals surface area contributed by atoms with Crippen molar-refractivity contribution in [3.8, 4) is 5.75 Å². The number of aromatic nitrogens is 1. The summed E-state index contributed by atoms with van der Waals surface area (Å²) in [6.07, 6.45) is 3.61. The average Bonchev–Trinajstić information content (AvgIpc) is 3.25. The molecule has 1 saturated heterocycles. The van der Waals surface area contributed by atoms with Crippen molar-refractivity contribution >= 4 is 28.4 Å². The van der Waals surface area contributed by atoms with E-state index in [1.165, 1.54) is 0 Å². The van der Waals surface area contributed by atoms with Gasteiger partial charge in [-0.05, 0) is 36.8 Å². The Labute approximate surface area is 181 Å². The Morgan fingerprint density at radius 1 is 1.10 bits per heavy atom. The van der Waals surface area contributed by atoms with E-state index in [-0.39, 0.29) is 11.3 Å². The van der Waals surface area contributed by atoms with Gasteiger partial charge in [-0.3, -0.25) is 9.59 Å². The number of carbonyl (C=O) groups is 2. The second-order valence-corrected chi connectivity index (χ2v) is 7.79. The number of likely N-dealkylation sites (tertiary alicyclic amines) is 1. The Morgan fingerprint density at radius 3 is 2.48 bits per heavy atom. The highest BCUT2D eigenvalue weighted by Crippen LogP contribution is 2.42. The van der Waals surface area contributed by atoms with Gasteiger partial charge >= 0.3 is 0 Å². The van der Waals surface area contributed by atoms with Gasteiger partial charge in [-0.2, -0.15) is 0 Å². The van der Waals surface area contributed by atoms with Crippen LogP contribution >= 0.6 is 0 Å². The molecule has 0 aliphatic carbocycles. The van der Waals surface area contributed by atoms with Crippen LogP contribution in [-0.4, -0.2) is 39.9 Å². The van der Waals surface area contributed by atoms with Crippen molar-refractivity contribution in [2.45, 2.75) is 25.8 Å².